The number of fused-ring (bicyclic) bond motifs is 1. The second-order valence-electron chi connectivity index (χ2n) is 6.79. The molecule has 2 amide bonds. The number of hydrogen-bond donors (Lipinski definition) is 3. The Kier molecular flexibility index (Phi) is 6.14. The van der Waals surface area contributed by atoms with Crippen LogP contribution < -0.4 is 15.4 Å². The van der Waals surface area contributed by atoms with E-state index in [-0.39, 0.29) is 18.4 Å². The van der Waals surface area contributed by atoms with Crippen molar-refractivity contribution in [1.82, 2.24) is 15.5 Å². The minimum atomic E-state index is -0.355. The van der Waals surface area contributed by atoms with Gasteiger partial charge < -0.3 is 10.1 Å². The lowest BCUT2D eigenvalue weighted by Crippen LogP contribution is -2.28. The molecule has 0 bridgehead atoms. The van der Waals surface area contributed by atoms with Gasteiger partial charge in [-0.2, -0.15) is 5.10 Å². The molecule has 3 N–H and O–H groups in total. The SMILES string of the molecule is O=C(NCc1ccccc1)Nc1n[nH]c2cc(OCC(=O)c3ccc(Cl)cc3)ccc12. The number of urea groups is 1. The molecule has 0 saturated heterocycles. The van der Waals surface area contributed by atoms with Crippen molar-refractivity contribution < 1.29 is 14.3 Å². The van der Waals surface area contributed by atoms with Crippen molar-refractivity contribution in [3.8, 4) is 5.75 Å². The Labute approximate surface area is 183 Å². The van der Waals surface area contributed by atoms with Gasteiger partial charge in [-0.05, 0) is 42.0 Å². The quantitative estimate of drug-likeness (QED) is 0.364. The molecule has 156 valence electrons. The number of ketones is 1. The van der Waals surface area contributed by atoms with Crippen LogP contribution in [0.1, 0.15) is 15.9 Å². The number of nitrogens with one attached hydrogen (secondary N) is 3. The number of aromatic amines is 1. The highest BCUT2D eigenvalue weighted by molar-refractivity contribution is 6.30. The summed E-state index contributed by atoms with van der Waals surface area (Å²) in [6.45, 7) is 0.308. The maximum atomic E-state index is 12.2. The Morgan fingerprint density at radius 2 is 1.77 bits per heavy atom. The van der Waals surface area contributed by atoms with E-state index in [0.717, 1.165) is 10.9 Å². The standard InChI is InChI=1S/C23H19ClN4O3/c24-17-8-6-16(7-9-17)21(29)14-31-18-10-11-19-20(12-18)27-28-22(19)26-23(30)25-13-15-4-2-1-3-5-15/h1-12H,13-14H2,(H3,25,26,27,28,30). The largest absolute Gasteiger partial charge is 0.485 e. The number of aromatic nitrogens is 2. The zero-order valence-corrected chi connectivity index (χ0v) is 17.1. The van der Waals surface area contributed by atoms with Crippen LogP contribution in [0.3, 0.4) is 0 Å². The van der Waals surface area contributed by atoms with E-state index < -0.39 is 0 Å². The van der Waals surface area contributed by atoms with Gasteiger partial charge in [-0.25, -0.2) is 4.79 Å². The molecule has 0 aliphatic rings. The van der Waals surface area contributed by atoms with Crippen LogP contribution in [0, 0.1) is 0 Å². The Morgan fingerprint density at radius 1 is 1.00 bits per heavy atom. The number of benzene rings is 3. The van der Waals surface area contributed by atoms with E-state index in [2.05, 4.69) is 20.8 Å². The molecule has 4 rings (SSSR count). The normalized spacial score (nSPS) is 10.6. The average Bonchev–Trinajstić information content (AvgIpc) is 3.19. The van der Waals surface area contributed by atoms with Crippen molar-refractivity contribution in [2.45, 2.75) is 6.54 Å². The van der Waals surface area contributed by atoms with Crippen LogP contribution in [0.2, 0.25) is 5.02 Å². The molecule has 0 atom stereocenters. The van der Waals surface area contributed by atoms with Crippen LogP contribution in [0.15, 0.2) is 72.8 Å². The molecule has 0 fully saturated rings. The monoisotopic (exact) mass is 434 g/mol. The summed E-state index contributed by atoms with van der Waals surface area (Å²) in [4.78, 5) is 24.4. The van der Waals surface area contributed by atoms with E-state index in [1.165, 1.54) is 0 Å². The highest BCUT2D eigenvalue weighted by atomic mass is 35.5. The summed E-state index contributed by atoms with van der Waals surface area (Å²) >= 11 is 5.84. The van der Waals surface area contributed by atoms with Crippen LogP contribution >= 0.6 is 11.6 Å². The third-order valence-corrected chi connectivity index (χ3v) is 4.85. The summed E-state index contributed by atoms with van der Waals surface area (Å²) in [6, 6.07) is 21.1. The van der Waals surface area contributed by atoms with Gasteiger partial charge in [-0.3, -0.25) is 15.2 Å². The summed E-state index contributed by atoms with van der Waals surface area (Å²) in [5, 5.41) is 13.8. The van der Waals surface area contributed by atoms with Crippen molar-refractivity contribution in [2.24, 2.45) is 0 Å². The highest BCUT2D eigenvalue weighted by Crippen LogP contribution is 2.25. The van der Waals surface area contributed by atoms with E-state index in [0.29, 0.717) is 34.2 Å². The summed E-state index contributed by atoms with van der Waals surface area (Å²) in [5.74, 6) is 0.765. The number of halogens is 1. The summed E-state index contributed by atoms with van der Waals surface area (Å²) in [7, 11) is 0. The van der Waals surface area contributed by atoms with Crippen molar-refractivity contribution in [3.05, 3.63) is 88.9 Å². The number of hydrogen-bond acceptors (Lipinski definition) is 4. The number of H-pyrrole nitrogens is 1. The minimum absolute atomic E-state index is 0.103. The second-order valence-corrected chi connectivity index (χ2v) is 7.23. The third kappa shape index (κ3) is 5.21. The number of rotatable bonds is 7. The van der Waals surface area contributed by atoms with Gasteiger partial charge in [0.1, 0.15) is 5.75 Å². The molecule has 0 unspecified atom stereocenters. The van der Waals surface area contributed by atoms with E-state index in [1.807, 2.05) is 30.3 Å². The summed E-state index contributed by atoms with van der Waals surface area (Å²) in [5.41, 5.74) is 2.20. The molecule has 31 heavy (non-hydrogen) atoms. The molecule has 8 heteroatoms. The molecule has 1 aromatic heterocycles. The van der Waals surface area contributed by atoms with E-state index in [9.17, 15) is 9.59 Å². The molecule has 3 aromatic carbocycles. The maximum Gasteiger partial charge on any atom is 0.320 e. The first-order valence-electron chi connectivity index (χ1n) is 9.57. The zero-order valence-electron chi connectivity index (χ0n) is 16.4. The number of Topliss-reactive ketones (excluding diaryl/α,β-unsaturated/α-hetero) is 1. The molecule has 0 aliphatic carbocycles. The molecular weight excluding hydrogens is 416 g/mol. The maximum absolute atomic E-state index is 12.2. The number of carbonyl (C=O) groups excluding carboxylic acids is 2. The van der Waals surface area contributed by atoms with Gasteiger partial charge in [0, 0.05) is 28.6 Å². The molecule has 0 saturated carbocycles. The highest BCUT2D eigenvalue weighted by Gasteiger charge is 2.11. The molecular formula is C23H19ClN4O3. The Bertz CT molecular complexity index is 1210. The molecule has 1 heterocycles. The lowest BCUT2D eigenvalue weighted by Gasteiger charge is -2.07. The van der Waals surface area contributed by atoms with Gasteiger partial charge in [0.2, 0.25) is 0 Å². The summed E-state index contributed by atoms with van der Waals surface area (Å²) < 4.78 is 5.61. The van der Waals surface area contributed by atoms with Crippen molar-refractivity contribution in [3.63, 3.8) is 0 Å². The van der Waals surface area contributed by atoms with Gasteiger partial charge in [0.05, 0.1) is 5.52 Å². The topological polar surface area (TPSA) is 96.1 Å². The predicted octanol–water partition coefficient (Wildman–Crippen LogP) is 4.80. The van der Waals surface area contributed by atoms with Gasteiger partial charge in [0.15, 0.2) is 18.2 Å². The number of ether oxygens (including phenoxy) is 1. The van der Waals surface area contributed by atoms with Gasteiger partial charge in [-0.15, -0.1) is 0 Å². The van der Waals surface area contributed by atoms with E-state index in [4.69, 9.17) is 16.3 Å². The Hall–Kier alpha value is -3.84. The van der Waals surface area contributed by atoms with Gasteiger partial charge in [0.25, 0.3) is 0 Å². The molecule has 0 radical (unpaired) electrons. The van der Waals surface area contributed by atoms with Crippen LogP contribution in [0.4, 0.5) is 10.6 Å². The fraction of sp³-hybridized carbons (Fsp3) is 0.0870. The first-order valence-corrected chi connectivity index (χ1v) is 9.95. The van der Waals surface area contributed by atoms with Gasteiger partial charge >= 0.3 is 6.03 Å². The van der Waals surface area contributed by atoms with E-state index in [1.54, 1.807) is 42.5 Å². The Balaban J connectivity index is 1.35. The van der Waals surface area contributed by atoms with Crippen molar-refractivity contribution in [2.75, 3.05) is 11.9 Å². The molecule has 0 spiro atoms. The number of nitrogens with zero attached hydrogens (tertiary/aromatic N) is 1. The molecule has 7 nitrogen and oxygen atoms in total. The smallest absolute Gasteiger partial charge is 0.320 e. The predicted molar refractivity (Wildman–Crippen MR) is 120 cm³/mol. The first-order chi connectivity index (χ1) is 15.1. The number of anilines is 1. The fourth-order valence-corrected chi connectivity index (χ4v) is 3.11. The lowest BCUT2D eigenvalue weighted by molar-refractivity contribution is 0.0921. The Morgan fingerprint density at radius 3 is 2.55 bits per heavy atom. The van der Waals surface area contributed by atoms with Crippen LogP contribution in [0.5, 0.6) is 5.75 Å². The fourth-order valence-electron chi connectivity index (χ4n) is 2.98. The zero-order chi connectivity index (χ0) is 21.6. The number of carbonyl (C=O) groups is 2. The minimum Gasteiger partial charge on any atom is -0.485 e. The van der Waals surface area contributed by atoms with Gasteiger partial charge in [-0.1, -0.05) is 41.9 Å². The average molecular weight is 435 g/mol. The van der Waals surface area contributed by atoms with Crippen molar-refractivity contribution >= 4 is 40.1 Å². The summed E-state index contributed by atoms with van der Waals surface area (Å²) in [6.07, 6.45) is 0. The molecule has 0 aliphatic heterocycles. The third-order valence-electron chi connectivity index (χ3n) is 4.60. The molecule has 4 aromatic rings. The van der Waals surface area contributed by atoms with Crippen LogP contribution in [0.25, 0.3) is 10.9 Å². The first kappa shape index (κ1) is 20.4. The van der Waals surface area contributed by atoms with Crippen LogP contribution in [-0.4, -0.2) is 28.6 Å². The number of amides is 2. The van der Waals surface area contributed by atoms with E-state index >= 15 is 0 Å². The van der Waals surface area contributed by atoms with Crippen molar-refractivity contribution in [1.29, 1.82) is 0 Å². The van der Waals surface area contributed by atoms with Crippen LogP contribution in [-0.2, 0) is 6.54 Å². The second kappa shape index (κ2) is 9.32. The lowest BCUT2D eigenvalue weighted by atomic mass is 10.1.